The van der Waals surface area contributed by atoms with E-state index in [4.69, 9.17) is 4.74 Å². The van der Waals surface area contributed by atoms with E-state index in [1.54, 1.807) is 18.2 Å². The minimum Gasteiger partial charge on any atom is -0.367 e. The zero-order valence-electron chi connectivity index (χ0n) is 13.3. The molecule has 1 saturated heterocycles. The lowest BCUT2D eigenvalue weighted by atomic mass is 9.98. The van der Waals surface area contributed by atoms with Crippen LogP contribution in [0.25, 0.3) is 0 Å². The van der Waals surface area contributed by atoms with E-state index in [0.717, 1.165) is 0 Å². The fraction of sp³-hybridized carbons (Fsp3) is 0.588. The standard InChI is InChI=1S/C17H24FNO2/c1-16(2)11-19(12-17(3,4)21-16)10-14(20)9-13-7-5-6-8-15(13)18/h5-8H,9-12H2,1-4H3. The molecule has 116 valence electrons. The van der Waals surface area contributed by atoms with E-state index in [1.807, 2.05) is 27.7 Å². The van der Waals surface area contributed by atoms with Crippen molar-refractivity contribution in [3.05, 3.63) is 35.6 Å². The predicted molar refractivity (Wildman–Crippen MR) is 80.8 cm³/mol. The highest BCUT2D eigenvalue weighted by molar-refractivity contribution is 5.82. The van der Waals surface area contributed by atoms with Crippen LogP contribution in [0, 0.1) is 5.82 Å². The van der Waals surface area contributed by atoms with Crippen LogP contribution in [0.3, 0.4) is 0 Å². The highest BCUT2D eigenvalue weighted by Gasteiger charge is 2.38. The summed E-state index contributed by atoms with van der Waals surface area (Å²) in [5.41, 5.74) is -0.0886. The van der Waals surface area contributed by atoms with E-state index in [-0.39, 0.29) is 29.2 Å². The molecule has 0 saturated carbocycles. The number of hydrogen-bond acceptors (Lipinski definition) is 3. The Bertz CT molecular complexity index is 509. The van der Waals surface area contributed by atoms with E-state index in [1.165, 1.54) is 6.07 Å². The number of carbonyl (C=O) groups is 1. The Balaban J connectivity index is 1.98. The molecule has 0 radical (unpaired) electrons. The van der Waals surface area contributed by atoms with Gasteiger partial charge in [0.2, 0.25) is 0 Å². The van der Waals surface area contributed by atoms with Crippen LogP contribution in [0.5, 0.6) is 0 Å². The van der Waals surface area contributed by atoms with Gasteiger partial charge in [-0.15, -0.1) is 0 Å². The van der Waals surface area contributed by atoms with Gasteiger partial charge in [0.25, 0.3) is 0 Å². The molecule has 0 N–H and O–H groups in total. The minimum atomic E-state index is -0.312. The summed E-state index contributed by atoms with van der Waals surface area (Å²) in [7, 11) is 0. The third kappa shape index (κ3) is 4.61. The Hall–Kier alpha value is -1.26. The van der Waals surface area contributed by atoms with Crippen LogP contribution in [-0.4, -0.2) is 41.5 Å². The van der Waals surface area contributed by atoms with Crippen molar-refractivity contribution in [3.63, 3.8) is 0 Å². The molecule has 1 aliphatic rings. The molecule has 1 aromatic carbocycles. The first-order valence-corrected chi connectivity index (χ1v) is 7.35. The van der Waals surface area contributed by atoms with Crippen molar-refractivity contribution in [1.82, 2.24) is 4.90 Å². The molecule has 21 heavy (non-hydrogen) atoms. The number of ketones is 1. The smallest absolute Gasteiger partial charge is 0.151 e. The maximum atomic E-state index is 13.6. The Morgan fingerprint density at radius 2 is 1.76 bits per heavy atom. The summed E-state index contributed by atoms with van der Waals surface area (Å²) in [4.78, 5) is 14.3. The van der Waals surface area contributed by atoms with E-state index in [0.29, 0.717) is 25.2 Å². The second-order valence-corrected chi connectivity index (χ2v) is 7.07. The zero-order valence-corrected chi connectivity index (χ0v) is 13.3. The quantitative estimate of drug-likeness (QED) is 0.855. The third-order valence-corrected chi connectivity index (χ3v) is 3.51. The van der Waals surface area contributed by atoms with Crippen molar-refractivity contribution in [3.8, 4) is 0 Å². The highest BCUT2D eigenvalue weighted by atomic mass is 19.1. The van der Waals surface area contributed by atoms with Gasteiger partial charge in [0.15, 0.2) is 5.78 Å². The third-order valence-electron chi connectivity index (χ3n) is 3.51. The van der Waals surface area contributed by atoms with Gasteiger partial charge in [0.1, 0.15) is 5.82 Å². The number of benzene rings is 1. The fourth-order valence-corrected chi connectivity index (χ4v) is 3.22. The summed E-state index contributed by atoms with van der Waals surface area (Å²) >= 11 is 0. The van der Waals surface area contributed by atoms with Crippen molar-refractivity contribution in [2.24, 2.45) is 0 Å². The maximum absolute atomic E-state index is 13.6. The second-order valence-electron chi connectivity index (χ2n) is 7.07. The Morgan fingerprint density at radius 1 is 1.19 bits per heavy atom. The molecule has 0 aromatic heterocycles. The first kappa shape index (κ1) is 16.1. The average Bonchev–Trinajstić information content (AvgIpc) is 2.27. The normalized spacial score (nSPS) is 21.2. The first-order valence-electron chi connectivity index (χ1n) is 7.35. The molecule has 1 fully saturated rings. The SMILES string of the molecule is CC1(C)CN(CC(=O)Cc2ccccc2F)CC(C)(C)O1. The van der Waals surface area contributed by atoms with Crippen LogP contribution in [0.15, 0.2) is 24.3 Å². The molecule has 0 unspecified atom stereocenters. The Labute approximate surface area is 126 Å². The number of Topliss-reactive ketones (excluding diaryl/α,β-unsaturated/α-hetero) is 1. The Morgan fingerprint density at radius 3 is 2.33 bits per heavy atom. The van der Waals surface area contributed by atoms with E-state index in [2.05, 4.69) is 4.90 Å². The van der Waals surface area contributed by atoms with Gasteiger partial charge in [-0.05, 0) is 39.3 Å². The summed E-state index contributed by atoms with van der Waals surface area (Å²) in [6.07, 6.45) is 0.144. The molecule has 0 bridgehead atoms. The van der Waals surface area contributed by atoms with Gasteiger partial charge in [-0.2, -0.15) is 0 Å². The van der Waals surface area contributed by atoms with Gasteiger partial charge < -0.3 is 4.74 Å². The van der Waals surface area contributed by atoms with Crippen molar-refractivity contribution in [2.75, 3.05) is 19.6 Å². The summed E-state index contributed by atoms with van der Waals surface area (Å²) in [6, 6.07) is 6.45. The molecule has 0 spiro atoms. The van der Waals surface area contributed by atoms with Gasteiger partial charge >= 0.3 is 0 Å². The summed E-state index contributed by atoms with van der Waals surface area (Å²) in [5, 5.41) is 0. The first-order chi connectivity index (χ1) is 9.67. The van der Waals surface area contributed by atoms with Gasteiger partial charge in [0.05, 0.1) is 17.7 Å². The lowest BCUT2D eigenvalue weighted by Crippen LogP contribution is -2.58. The van der Waals surface area contributed by atoms with E-state index in [9.17, 15) is 9.18 Å². The van der Waals surface area contributed by atoms with Gasteiger partial charge in [0, 0.05) is 19.5 Å². The van der Waals surface area contributed by atoms with E-state index >= 15 is 0 Å². The Kier molecular flexibility index (Phi) is 4.49. The van der Waals surface area contributed by atoms with Crippen LogP contribution < -0.4 is 0 Å². The zero-order chi connectivity index (χ0) is 15.7. The van der Waals surface area contributed by atoms with Crippen LogP contribution in [0.2, 0.25) is 0 Å². The molecular weight excluding hydrogens is 269 g/mol. The number of ether oxygens (including phenoxy) is 1. The molecule has 0 amide bonds. The van der Waals surface area contributed by atoms with Crippen LogP contribution in [-0.2, 0) is 16.0 Å². The minimum absolute atomic E-state index is 0.0357. The molecule has 3 nitrogen and oxygen atoms in total. The topological polar surface area (TPSA) is 29.5 Å². The van der Waals surface area contributed by atoms with Crippen LogP contribution in [0.4, 0.5) is 4.39 Å². The largest absolute Gasteiger partial charge is 0.367 e. The van der Waals surface area contributed by atoms with Crippen molar-refractivity contribution >= 4 is 5.78 Å². The number of nitrogens with zero attached hydrogens (tertiary/aromatic N) is 1. The molecule has 1 heterocycles. The highest BCUT2D eigenvalue weighted by Crippen LogP contribution is 2.27. The predicted octanol–water partition coefficient (Wildman–Crippen LogP) is 2.83. The lowest BCUT2D eigenvalue weighted by molar-refractivity contribution is -0.180. The molecule has 2 rings (SSSR count). The molecule has 0 atom stereocenters. The molecule has 1 aromatic rings. The monoisotopic (exact) mass is 293 g/mol. The van der Waals surface area contributed by atoms with Crippen LogP contribution >= 0.6 is 0 Å². The average molecular weight is 293 g/mol. The van der Waals surface area contributed by atoms with Crippen LogP contribution in [0.1, 0.15) is 33.3 Å². The number of halogens is 1. The number of rotatable bonds is 4. The number of morpholine rings is 1. The lowest BCUT2D eigenvalue weighted by Gasteiger charge is -2.47. The van der Waals surface area contributed by atoms with Gasteiger partial charge in [-0.3, -0.25) is 9.69 Å². The molecular formula is C17H24FNO2. The second kappa shape index (κ2) is 5.85. The van der Waals surface area contributed by atoms with Crippen molar-refractivity contribution in [2.45, 2.75) is 45.3 Å². The molecule has 1 aliphatic heterocycles. The maximum Gasteiger partial charge on any atom is 0.151 e. The van der Waals surface area contributed by atoms with E-state index < -0.39 is 0 Å². The molecule has 0 aliphatic carbocycles. The number of hydrogen-bond donors (Lipinski definition) is 0. The van der Waals surface area contributed by atoms with Crippen molar-refractivity contribution < 1.29 is 13.9 Å². The summed E-state index contributed by atoms with van der Waals surface area (Å²) in [5.74, 6) is -0.276. The summed E-state index contributed by atoms with van der Waals surface area (Å²) in [6.45, 7) is 9.87. The molecule has 4 heteroatoms. The van der Waals surface area contributed by atoms with Gasteiger partial charge in [-0.25, -0.2) is 4.39 Å². The van der Waals surface area contributed by atoms with Crippen molar-refractivity contribution in [1.29, 1.82) is 0 Å². The number of carbonyl (C=O) groups excluding carboxylic acids is 1. The fourth-order valence-electron chi connectivity index (χ4n) is 3.22. The summed E-state index contributed by atoms with van der Waals surface area (Å²) < 4.78 is 19.6. The van der Waals surface area contributed by atoms with Gasteiger partial charge in [-0.1, -0.05) is 18.2 Å².